The Labute approximate surface area is 146 Å². The van der Waals surface area contributed by atoms with E-state index < -0.39 is 17.9 Å². The number of rotatable bonds is 12. The summed E-state index contributed by atoms with van der Waals surface area (Å²) in [6.07, 6.45) is 10.5. The fourth-order valence-corrected chi connectivity index (χ4v) is 2.01. The Balaban J connectivity index is 0. The molecule has 0 atom stereocenters. The van der Waals surface area contributed by atoms with Gasteiger partial charge in [0, 0.05) is 0 Å². The third kappa shape index (κ3) is 13.0. The normalized spacial score (nSPS) is 10.2. The van der Waals surface area contributed by atoms with E-state index in [1.807, 2.05) is 0 Å². The SMILES string of the molecule is CCCCCCCCCCCC(C(=O)O)C(=O)O.[CaH2]. The van der Waals surface area contributed by atoms with E-state index in [0.717, 1.165) is 12.8 Å². The minimum atomic E-state index is -1.23. The van der Waals surface area contributed by atoms with Gasteiger partial charge in [0.15, 0.2) is 5.92 Å². The van der Waals surface area contributed by atoms with Gasteiger partial charge >= 0.3 is 49.7 Å². The second kappa shape index (κ2) is 14.6. The molecule has 2 N–H and O–H groups in total. The molecule has 0 aromatic heterocycles. The van der Waals surface area contributed by atoms with Gasteiger partial charge in [-0.05, 0) is 6.42 Å². The second-order valence-electron chi connectivity index (χ2n) is 4.85. The first-order chi connectivity index (χ1) is 8.59. The van der Waals surface area contributed by atoms with Gasteiger partial charge in [0.25, 0.3) is 0 Å². The van der Waals surface area contributed by atoms with E-state index in [9.17, 15) is 9.59 Å². The van der Waals surface area contributed by atoms with Gasteiger partial charge in [-0.3, -0.25) is 9.59 Å². The third-order valence-corrected chi connectivity index (χ3v) is 3.19. The third-order valence-electron chi connectivity index (χ3n) is 3.19. The van der Waals surface area contributed by atoms with Crippen LogP contribution in [-0.2, 0) is 9.59 Å². The first-order valence-electron chi connectivity index (χ1n) is 7.05. The molecule has 0 aromatic rings. The summed E-state index contributed by atoms with van der Waals surface area (Å²) in [5.74, 6) is -3.67. The summed E-state index contributed by atoms with van der Waals surface area (Å²) in [6.45, 7) is 2.20. The van der Waals surface area contributed by atoms with Crippen molar-refractivity contribution in [3.63, 3.8) is 0 Å². The molecule has 0 bridgehead atoms. The van der Waals surface area contributed by atoms with Gasteiger partial charge in [0.05, 0.1) is 0 Å². The summed E-state index contributed by atoms with van der Waals surface area (Å²) >= 11 is 0. The van der Waals surface area contributed by atoms with Crippen LogP contribution in [0.4, 0.5) is 0 Å². The van der Waals surface area contributed by atoms with Crippen LogP contribution in [-0.4, -0.2) is 59.9 Å². The van der Waals surface area contributed by atoms with Gasteiger partial charge in [0.2, 0.25) is 0 Å². The zero-order valence-electron chi connectivity index (χ0n) is 11.4. The van der Waals surface area contributed by atoms with Crippen LogP contribution in [0.5, 0.6) is 0 Å². The van der Waals surface area contributed by atoms with Crippen molar-refractivity contribution in [2.75, 3.05) is 0 Å². The van der Waals surface area contributed by atoms with Gasteiger partial charge in [-0.15, -0.1) is 0 Å². The maximum atomic E-state index is 10.6. The van der Waals surface area contributed by atoms with Crippen molar-refractivity contribution in [3.8, 4) is 0 Å². The number of hydrogen-bond donors (Lipinski definition) is 2. The summed E-state index contributed by atoms with van der Waals surface area (Å²) in [4.78, 5) is 21.3. The fourth-order valence-electron chi connectivity index (χ4n) is 2.01. The Bertz CT molecular complexity index is 230. The van der Waals surface area contributed by atoms with Crippen molar-refractivity contribution in [1.82, 2.24) is 0 Å². The predicted molar refractivity (Wildman–Crippen MR) is 79.1 cm³/mol. The van der Waals surface area contributed by atoms with Crippen LogP contribution in [0.1, 0.15) is 71.1 Å². The van der Waals surface area contributed by atoms with E-state index in [0.29, 0.717) is 6.42 Å². The van der Waals surface area contributed by atoms with Crippen LogP contribution in [0.2, 0.25) is 0 Å². The molecule has 0 aromatic carbocycles. The van der Waals surface area contributed by atoms with Crippen molar-refractivity contribution in [1.29, 1.82) is 0 Å². The summed E-state index contributed by atoms with van der Waals surface area (Å²) in [6, 6.07) is 0. The molecular weight excluding hydrogens is 272 g/mol. The van der Waals surface area contributed by atoms with Crippen molar-refractivity contribution in [2.24, 2.45) is 5.92 Å². The van der Waals surface area contributed by atoms with Crippen LogP contribution in [0.25, 0.3) is 0 Å². The van der Waals surface area contributed by atoms with Crippen LogP contribution in [0.3, 0.4) is 0 Å². The molecule has 0 spiro atoms. The fraction of sp³-hybridized carbons (Fsp3) is 0.857. The number of aliphatic carboxylic acids is 2. The number of carboxylic acid groups (broad SMARTS) is 2. The average molecular weight is 300 g/mol. The number of carboxylic acids is 2. The average Bonchev–Trinajstić information content (AvgIpc) is 2.30. The quantitative estimate of drug-likeness (QED) is 0.330. The number of unbranched alkanes of at least 4 members (excludes halogenated alkanes) is 8. The number of hydrogen-bond acceptors (Lipinski definition) is 2. The summed E-state index contributed by atoms with van der Waals surface area (Å²) < 4.78 is 0. The Morgan fingerprint density at radius 1 is 0.789 bits per heavy atom. The van der Waals surface area contributed by atoms with Crippen LogP contribution in [0.15, 0.2) is 0 Å². The summed E-state index contributed by atoms with van der Waals surface area (Å²) in [5.41, 5.74) is 0. The van der Waals surface area contributed by atoms with Gasteiger partial charge < -0.3 is 10.2 Å². The molecule has 0 fully saturated rings. The Hall–Kier alpha value is 0.200. The molecule has 0 saturated heterocycles. The molecule has 110 valence electrons. The summed E-state index contributed by atoms with van der Waals surface area (Å²) in [5, 5.41) is 17.4. The molecular formula is C14H28CaO4. The zero-order valence-corrected chi connectivity index (χ0v) is 11.4. The minimum absolute atomic E-state index is 0. The predicted octanol–water partition coefficient (Wildman–Crippen LogP) is 2.78. The van der Waals surface area contributed by atoms with E-state index in [4.69, 9.17) is 10.2 Å². The molecule has 0 aliphatic heterocycles. The molecule has 0 aliphatic carbocycles. The van der Waals surface area contributed by atoms with E-state index in [-0.39, 0.29) is 44.2 Å². The molecule has 0 amide bonds. The van der Waals surface area contributed by atoms with Crippen molar-refractivity contribution in [2.45, 2.75) is 71.1 Å². The Morgan fingerprint density at radius 3 is 1.53 bits per heavy atom. The molecule has 4 nitrogen and oxygen atoms in total. The van der Waals surface area contributed by atoms with E-state index in [1.54, 1.807) is 0 Å². The van der Waals surface area contributed by atoms with Crippen molar-refractivity contribution < 1.29 is 19.8 Å². The molecule has 0 saturated carbocycles. The van der Waals surface area contributed by atoms with Gasteiger partial charge in [-0.1, -0.05) is 64.7 Å². The van der Waals surface area contributed by atoms with Crippen LogP contribution < -0.4 is 0 Å². The molecule has 19 heavy (non-hydrogen) atoms. The van der Waals surface area contributed by atoms with Gasteiger partial charge in [0.1, 0.15) is 0 Å². The number of carbonyl (C=O) groups is 2. The molecule has 0 aliphatic rings. The first-order valence-corrected chi connectivity index (χ1v) is 7.05. The van der Waals surface area contributed by atoms with Gasteiger partial charge in [-0.25, -0.2) is 0 Å². The van der Waals surface area contributed by atoms with Gasteiger partial charge in [-0.2, -0.15) is 0 Å². The van der Waals surface area contributed by atoms with Crippen molar-refractivity contribution in [3.05, 3.63) is 0 Å². The van der Waals surface area contributed by atoms with E-state index in [2.05, 4.69) is 6.92 Å². The molecule has 0 rings (SSSR count). The second-order valence-corrected chi connectivity index (χ2v) is 4.85. The van der Waals surface area contributed by atoms with Crippen LogP contribution >= 0.6 is 0 Å². The topological polar surface area (TPSA) is 74.6 Å². The Morgan fingerprint density at radius 2 is 1.16 bits per heavy atom. The molecule has 5 heteroatoms. The molecule has 0 heterocycles. The molecule has 0 unspecified atom stereocenters. The molecule has 0 radical (unpaired) electrons. The van der Waals surface area contributed by atoms with E-state index >= 15 is 0 Å². The maximum absolute atomic E-state index is 10.6. The monoisotopic (exact) mass is 300 g/mol. The van der Waals surface area contributed by atoms with Crippen molar-refractivity contribution >= 4 is 49.7 Å². The first kappa shape index (κ1) is 21.5. The summed E-state index contributed by atoms with van der Waals surface area (Å²) in [7, 11) is 0. The van der Waals surface area contributed by atoms with E-state index in [1.165, 1.54) is 38.5 Å². The Kier molecular flexibility index (Phi) is 16.5. The zero-order chi connectivity index (χ0) is 13.8. The van der Waals surface area contributed by atoms with Crippen LogP contribution in [0, 0.1) is 5.92 Å². The standard InChI is InChI=1S/C14H26O4.Ca.2H/c1-2-3-4-5-6-7-8-9-10-11-12(13(15)16)14(17)18;;;/h12H,2-11H2,1H3,(H,15,16)(H,17,18);;;.